The molecule has 0 saturated carbocycles. The first-order chi connectivity index (χ1) is 7.45. The molecule has 0 amide bonds. The molecule has 1 aliphatic heterocycles. The third-order valence-electron chi connectivity index (χ3n) is 2.55. The molecule has 15 heavy (non-hydrogen) atoms. The Morgan fingerprint density at radius 1 is 1.47 bits per heavy atom. The maximum absolute atomic E-state index is 5.29. The highest BCUT2D eigenvalue weighted by Crippen LogP contribution is 1.99. The molecule has 2 heterocycles. The molecule has 0 unspecified atom stereocenters. The standard InChI is InChI=1S/C10H18N4O/c1(2-11-10-12-3-4-13-10)5-14-6-8-15-9-7-14/h3-4H,1-2,5-9H2,(H2,11,12,13). The van der Waals surface area contributed by atoms with Gasteiger partial charge >= 0.3 is 0 Å². The molecule has 84 valence electrons. The van der Waals surface area contributed by atoms with E-state index in [2.05, 4.69) is 20.2 Å². The summed E-state index contributed by atoms with van der Waals surface area (Å²) in [6.07, 6.45) is 4.72. The third kappa shape index (κ3) is 3.53. The predicted octanol–water partition coefficient (Wildman–Crippen LogP) is 0.544. The van der Waals surface area contributed by atoms with Crippen molar-refractivity contribution in [3.05, 3.63) is 12.4 Å². The summed E-state index contributed by atoms with van der Waals surface area (Å²) >= 11 is 0. The van der Waals surface area contributed by atoms with Gasteiger partial charge in [0.1, 0.15) is 0 Å². The normalized spacial score (nSPS) is 17.9. The van der Waals surface area contributed by atoms with Gasteiger partial charge < -0.3 is 15.0 Å². The van der Waals surface area contributed by atoms with Crippen molar-refractivity contribution >= 4 is 5.95 Å². The van der Waals surface area contributed by atoms with Crippen LogP contribution in [0.15, 0.2) is 12.4 Å². The molecule has 1 aromatic rings. The van der Waals surface area contributed by atoms with Crippen LogP contribution >= 0.6 is 0 Å². The average Bonchev–Trinajstić information content (AvgIpc) is 2.79. The lowest BCUT2D eigenvalue weighted by Gasteiger charge is -2.26. The predicted molar refractivity (Wildman–Crippen MR) is 59.0 cm³/mol. The molecule has 1 saturated heterocycles. The van der Waals surface area contributed by atoms with Gasteiger partial charge in [0.05, 0.1) is 13.2 Å². The van der Waals surface area contributed by atoms with E-state index in [0.29, 0.717) is 0 Å². The zero-order chi connectivity index (χ0) is 10.3. The molecule has 1 aliphatic rings. The first kappa shape index (κ1) is 10.4. The van der Waals surface area contributed by atoms with Gasteiger partial charge in [-0.2, -0.15) is 0 Å². The zero-order valence-corrected chi connectivity index (χ0v) is 8.91. The van der Waals surface area contributed by atoms with Crippen molar-refractivity contribution in [3.63, 3.8) is 0 Å². The second-order valence-corrected chi connectivity index (χ2v) is 3.67. The lowest BCUT2D eigenvalue weighted by molar-refractivity contribution is 0.0378. The van der Waals surface area contributed by atoms with Gasteiger partial charge in [-0.25, -0.2) is 4.98 Å². The van der Waals surface area contributed by atoms with Crippen molar-refractivity contribution in [3.8, 4) is 0 Å². The number of morpholine rings is 1. The molecule has 2 N–H and O–H groups in total. The second kappa shape index (κ2) is 5.72. The fourth-order valence-corrected chi connectivity index (χ4v) is 1.70. The molecule has 1 aromatic heterocycles. The second-order valence-electron chi connectivity index (χ2n) is 3.67. The van der Waals surface area contributed by atoms with E-state index in [1.165, 1.54) is 0 Å². The summed E-state index contributed by atoms with van der Waals surface area (Å²) in [5, 5.41) is 3.24. The van der Waals surface area contributed by atoms with Crippen LogP contribution in [0, 0.1) is 0 Å². The number of ether oxygens (including phenoxy) is 1. The summed E-state index contributed by atoms with van der Waals surface area (Å²) in [5.74, 6) is 0.858. The van der Waals surface area contributed by atoms with Crippen LogP contribution in [0.2, 0.25) is 0 Å². The van der Waals surface area contributed by atoms with Crippen LogP contribution in [0.25, 0.3) is 0 Å². The number of H-pyrrole nitrogens is 1. The Bertz CT molecular complexity index is 256. The molecule has 5 heteroatoms. The molecule has 0 radical (unpaired) electrons. The molecule has 0 atom stereocenters. The van der Waals surface area contributed by atoms with E-state index in [1.54, 1.807) is 6.20 Å². The number of aromatic nitrogens is 2. The highest BCUT2D eigenvalue weighted by Gasteiger charge is 2.08. The van der Waals surface area contributed by atoms with E-state index < -0.39 is 0 Å². The van der Waals surface area contributed by atoms with Gasteiger partial charge in [-0.3, -0.25) is 4.90 Å². The molecule has 0 spiro atoms. The van der Waals surface area contributed by atoms with Crippen LogP contribution in [-0.2, 0) is 4.74 Å². The van der Waals surface area contributed by atoms with Gasteiger partial charge in [-0.15, -0.1) is 0 Å². The Labute approximate surface area is 89.8 Å². The number of aromatic amines is 1. The maximum Gasteiger partial charge on any atom is 0.200 e. The van der Waals surface area contributed by atoms with E-state index in [-0.39, 0.29) is 0 Å². The summed E-state index contributed by atoms with van der Waals surface area (Å²) in [7, 11) is 0. The van der Waals surface area contributed by atoms with E-state index in [0.717, 1.165) is 51.8 Å². The van der Waals surface area contributed by atoms with E-state index in [4.69, 9.17) is 4.74 Å². The smallest absolute Gasteiger partial charge is 0.200 e. The Morgan fingerprint density at radius 2 is 2.33 bits per heavy atom. The van der Waals surface area contributed by atoms with E-state index in [9.17, 15) is 0 Å². The lowest BCUT2D eigenvalue weighted by atomic mass is 10.3. The van der Waals surface area contributed by atoms with Crippen LogP contribution in [0.1, 0.15) is 6.42 Å². The van der Waals surface area contributed by atoms with Gasteiger partial charge in [0.2, 0.25) is 0 Å². The van der Waals surface area contributed by atoms with Crippen LogP contribution in [-0.4, -0.2) is 54.3 Å². The Morgan fingerprint density at radius 3 is 3.07 bits per heavy atom. The first-order valence-corrected chi connectivity index (χ1v) is 5.48. The van der Waals surface area contributed by atoms with E-state index >= 15 is 0 Å². The van der Waals surface area contributed by atoms with Crippen LogP contribution in [0.3, 0.4) is 0 Å². The highest BCUT2D eigenvalue weighted by molar-refractivity contribution is 5.22. The van der Waals surface area contributed by atoms with Crippen molar-refractivity contribution in [2.45, 2.75) is 6.42 Å². The quantitative estimate of drug-likeness (QED) is 0.697. The third-order valence-corrected chi connectivity index (χ3v) is 2.55. The zero-order valence-electron chi connectivity index (χ0n) is 8.91. The number of hydrogen-bond acceptors (Lipinski definition) is 4. The number of rotatable bonds is 5. The van der Waals surface area contributed by atoms with Crippen molar-refractivity contribution in [2.75, 3.05) is 44.7 Å². The summed E-state index contributed by atoms with van der Waals surface area (Å²) in [6, 6.07) is 0. The fourth-order valence-electron chi connectivity index (χ4n) is 1.70. The number of nitrogens with zero attached hydrogens (tertiary/aromatic N) is 2. The van der Waals surface area contributed by atoms with Crippen molar-refractivity contribution in [2.24, 2.45) is 0 Å². The first-order valence-electron chi connectivity index (χ1n) is 5.48. The van der Waals surface area contributed by atoms with Gasteiger partial charge in [-0.05, 0) is 13.0 Å². The summed E-state index contributed by atoms with van der Waals surface area (Å²) < 4.78 is 5.29. The van der Waals surface area contributed by atoms with Crippen LogP contribution in [0.4, 0.5) is 5.95 Å². The highest BCUT2D eigenvalue weighted by atomic mass is 16.5. The molecule has 0 bridgehead atoms. The Balaban J connectivity index is 1.54. The van der Waals surface area contributed by atoms with Crippen molar-refractivity contribution in [1.82, 2.24) is 14.9 Å². The monoisotopic (exact) mass is 210 g/mol. The molecule has 5 nitrogen and oxygen atoms in total. The van der Waals surface area contributed by atoms with Crippen LogP contribution < -0.4 is 5.32 Å². The Kier molecular flexibility index (Phi) is 3.99. The topological polar surface area (TPSA) is 53.2 Å². The van der Waals surface area contributed by atoms with Crippen LogP contribution in [0.5, 0.6) is 0 Å². The molecule has 0 aliphatic carbocycles. The minimum atomic E-state index is 0.858. The SMILES string of the molecule is c1c[nH]c(NCCCN2CCOCC2)n1. The van der Waals surface area contributed by atoms with Crippen molar-refractivity contribution < 1.29 is 4.74 Å². The van der Waals surface area contributed by atoms with Gasteiger partial charge in [-0.1, -0.05) is 0 Å². The summed E-state index contributed by atoms with van der Waals surface area (Å²) in [5.41, 5.74) is 0. The average molecular weight is 210 g/mol. The maximum atomic E-state index is 5.29. The van der Waals surface area contributed by atoms with Gasteiger partial charge in [0.25, 0.3) is 0 Å². The lowest BCUT2D eigenvalue weighted by Crippen LogP contribution is -2.37. The molecular weight excluding hydrogens is 192 g/mol. The number of imidazole rings is 1. The summed E-state index contributed by atoms with van der Waals surface area (Å²) in [6.45, 7) is 6.00. The molecule has 0 aromatic carbocycles. The van der Waals surface area contributed by atoms with Gasteiger partial charge in [0, 0.05) is 32.0 Å². The molecule has 1 fully saturated rings. The van der Waals surface area contributed by atoms with Gasteiger partial charge in [0.15, 0.2) is 5.95 Å². The van der Waals surface area contributed by atoms with Crippen molar-refractivity contribution in [1.29, 1.82) is 0 Å². The number of nitrogens with one attached hydrogen (secondary N) is 2. The minimum absolute atomic E-state index is 0.858. The molecular formula is C10H18N4O. The largest absolute Gasteiger partial charge is 0.379 e. The van der Waals surface area contributed by atoms with E-state index in [1.807, 2.05) is 6.20 Å². The number of hydrogen-bond donors (Lipinski definition) is 2. The number of anilines is 1. The minimum Gasteiger partial charge on any atom is -0.379 e. The summed E-state index contributed by atoms with van der Waals surface area (Å²) in [4.78, 5) is 9.56. The Hall–Kier alpha value is -1.07. The molecule has 2 rings (SSSR count). The fraction of sp³-hybridized carbons (Fsp3) is 0.700.